The number of benzene rings is 1. The van der Waals surface area contributed by atoms with E-state index in [4.69, 9.17) is 15.2 Å². The number of nitrogens with two attached hydrogens (primary N) is 1. The van der Waals surface area contributed by atoms with Crippen LogP contribution >= 0.6 is 0 Å². The van der Waals surface area contributed by atoms with Crippen LogP contribution < -0.4 is 10.5 Å². The average molecular weight is 221 g/mol. The van der Waals surface area contributed by atoms with Gasteiger partial charge in [0.25, 0.3) is 0 Å². The fraction of sp³-hybridized carbons (Fsp3) is 0.538. The third-order valence-electron chi connectivity index (χ3n) is 3.63. The van der Waals surface area contributed by atoms with Gasteiger partial charge in [-0.3, -0.25) is 0 Å². The zero-order valence-corrected chi connectivity index (χ0v) is 9.90. The Morgan fingerprint density at radius 3 is 2.56 bits per heavy atom. The Balaban J connectivity index is 2.22. The lowest BCUT2D eigenvalue weighted by molar-refractivity contribution is -0.0911. The summed E-state index contributed by atoms with van der Waals surface area (Å²) >= 11 is 0. The lowest BCUT2D eigenvalue weighted by Crippen LogP contribution is -2.48. The van der Waals surface area contributed by atoms with Crippen LogP contribution in [0, 0.1) is 0 Å². The van der Waals surface area contributed by atoms with E-state index >= 15 is 0 Å². The number of ether oxygens (including phenoxy) is 2. The number of rotatable bonds is 4. The van der Waals surface area contributed by atoms with Gasteiger partial charge in [0.2, 0.25) is 0 Å². The van der Waals surface area contributed by atoms with Crippen LogP contribution in [-0.2, 0) is 4.74 Å². The fourth-order valence-electron chi connectivity index (χ4n) is 2.31. The normalized spacial score (nSPS) is 19.9. The van der Waals surface area contributed by atoms with Gasteiger partial charge >= 0.3 is 0 Å². The smallest absolute Gasteiger partial charge is 0.119 e. The standard InChI is InChI=1S/C13H19NO2/c1-15-11-6-3-5-10(9-11)12(14)13(16-2)7-4-8-13/h3,5-6,9,12H,4,7-8,14H2,1-2H3. The van der Waals surface area contributed by atoms with E-state index in [1.807, 2.05) is 24.3 Å². The topological polar surface area (TPSA) is 44.5 Å². The van der Waals surface area contributed by atoms with Gasteiger partial charge in [0.1, 0.15) is 5.75 Å². The van der Waals surface area contributed by atoms with Crippen LogP contribution in [0.1, 0.15) is 30.9 Å². The highest BCUT2D eigenvalue weighted by atomic mass is 16.5. The number of hydrogen-bond acceptors (Lipinski definition) is 3. The molecule has 1 fully saturated rings. The van der Waals surface area contributed by atoms with Gasteiger partial charge in [-0.2, -0.15) is 0 Å². The van der Waals surface area contributed by atoms with Crippen LogP contribution in [0.3, 0.4) is 0 Å². The van der Waals surface area contributed by atoms with Crippen LogP contribution in [0.2, 0.25) is 0 Å². The molecule has 88 valence electrons. The molecule has 0 aromatic heterocycles. The Kier molecular flexibility index (Phi) is 3.17. The Morgan fingerprint density at radius 1 is 1.31 bits per heavy atom. The summed E-state index contributed by atoms with van der Waals surface area (Å²) in [5, 5.41) is 0. The van der Waals surface area contributed by atoms with Gasteiger partial charge in [0, 0.05) is 7.11 Å². The van der Waals surface area contributed by atoms with Crippen LogP contribution in [-0.4, -0.2) is 19.8 Å². The molecule has 0 amide bonds. The van der Waals surface area contributed by atoms with Gasteiger partial charge in [-0.1, -0.05) is 12.1 Å². The molecule has 3 nitrogen and oxygen atoms in total. The summed E-state index contributed by atoms with van der Waals surface area (Å²) < 4.78 is 10.8. The highest BCUT2D eigenvalue weighted by Gasteiger charge is 2.43. The maximum Gasteiger partial charge on any atom is 0.119 e. The lowest BCUT2D eigenvalue weighted by Gasteiger charge is -2.45. The van der Waals surface area contributed by atoms with E-state index in [1.54, 1.807) is 14.2 Å². The van der Waals surface area contributed by atoms with E-state index in [0.29, 0.717) is 0 Å². The Labute approximate surface area is 96.5 Å². The monoisotopic (exact) mass is 221 g/mol. The molecule has 2 rings (SSSR count). The van der Waals surface area contributed by atoms with Gasteiger partial charge in [0.15, 0.2) is 0 Å². The van der Waals surface area contributed by atoms with E-state index in [9.17, 15) is 0 Å². The number of hydrogen-bond donors (Lipinski definition) is 1. The molecule has 0 aliphatic heterocycles. The van der Waals surface area contributed by atoms with Crippen LogP contribution in [0.5, 0.6) is 5.75 Å². The van der Waals surface area contributed by atoms with Crippen molar-refractivity contribution in [2.24, 2.45) is 5.73 Å². The second-order valence-corrected chi connectivity index (χ2v) is 4.38. The second kappa shape index (κ2) is 4.44. The fourth-order valence-corrected chi connectivity index (χ4v) is 2.31. The maximum atomic E-state index is 6.29. The lowest BCUT2D eigenvalue weighted by atomic mass is 9.72. The average Bonchev–Trinajstić information content (AvgIpc) is 2.28. The van der Waals surface area contributed by atoms with Crippen molar-refractivity contribution in [1.29, 1.82) is 0 Å². The van der Waals surface area contributed by atoms with Crippen LogP contribution in [0.25, 0.3) is 0 Å². The van der Waals surface area contributed by atoms with Crippen molar-refractivity contribution in [2.75, 3.05) is 14.2 Å². The van der Waals surface area contributed by atoms with Crippen LogP contribution in [0.15, 0.2) is 24.3 Å². The van der Waals surface area contributed by atoms with Crippen molar-refractivity contribution in [2.45, 2.75) is 30.9 Å². The summed E-state index contributed by atoms with van der Waals surface area (Å²) in [5.74, 6) is 0.846. The highest BCUT2D eigenvalue weighted by molar-refractivity contribution is 5.32. The molecule has 3 heteroatoms. The molecular formula is C13H19NO2. The van der Waals surface area contributed by atoms with E-state index in [1.165, 1.54) is 6.42 Å². The summed E-state index contributed by atoms with van der Waals surface area (Å²) in [7, 11) is 3.42. The molecule has 16 heavy (non-hydrogen) atoms. The molecule has 1 saturated carbocycles. The van der Waals surface area contributed by atoms with Crippen molar-refractivity contribution < 1.29 is 9.47 Å². The quantitative estimate of drug-likeness (QED) is 0.848. The third kappa shape index (κ3) is 1.81. The minimum Gasteiger partial charge on any atom is -0.497 e. The first-order chi connectivity index (χ1) is 7.72. The zero-order chi connectivity index (χ0) is 11.6. The summed E-state index contributed by atoms with van der Waals surface area (Å²) in [6.07, 6.45) is 3.29. The minimum absolute atomic E-state index is 0.0682. The Hall–Kier alpha value is -1.06. The second-order valence-electron chi connectivity index (χ2n) is 4.38. The minimum atomic E-state index is -0.160. The van der Waals surface area contributed by atoms with Gasteiger partial charge in [-0.15, -0.1) is 0 Å². The van der Waals surface area contributed by atoms with Crippen molar-refractivity contribution in [3.05, 3.63) is 29.8 Å². The predicted molar refractivity (Wildman–Crippen MR) is 63.5 cm³/mol. The van der Waals surface area contributed by atoms with E-state index in [2.05, 4.69) is 0 Å². The van der Waals surface area contributed by atoms with Crippen molar-refractivity contribution in [1.82, 2.24) is 0 Å². The molecule has 0 radical (unpaired) electrons. The molecule has 1 aliphatic rings. The van der Waals surface area contributed by atoms with Gasteiger partial charge in [-0.25, -0.2) is 0 Å². The molecule has 0 saturated heterocycles. The largest absolute Gasteiger partial charge is 0.497 e. The van der Waals surface area contributed by atoms with Gasteiger partial charge in [0.05, 0.1) is 18.8 Å². The van der Waals surface area contributed by atoms with E-state index in [-0.39, 0.29) is 11.6 Å². The van der Waals surface area contributed by atoms with Gasteiger partial charge in [-0.05, 0) is 37.0 Å². The molecule has 0 bridgehead atoms. The Morgan fingerprint density at radius 2 is 2.06 bits per heavy atom. The summed E-state index contributed by atoms with van der Waals surface area (Å²) in [6, 6.07) is 7.85. The molecule has 1 aromatic carbocycles. The summed E-state index contributed by atoms with van der Waals surface area (Å²) in [6.45, 7) is 0. The summed E-state index contributed by atoms with van der Waals surface area (Å²) in [4.78, 5) is 0. The van der Waals surface area contributed by atoms with Gasteiger partial charge < -0.3 is 15.2 Å². The third-order valence-corrected chi connectivity index (χ3v) is 3.63. The summed E-state index contributed by atoms with van der Waals surface area (Å²) in [5.41, 5.74) is 7.21. The molecule has 1 aromatic rings. The SMILES string of the molecule is COc1cccc(C(N)C2(OC)CCC2)c1. The molecule has 1 unspecified atom stereocenters. The highest BCUT2D eigenvalue weighted by Crippen LogP contribution is 2.43. The van der Waals surface area contributed by atoms with E-state index in [0.717, 1.165) is 24.2 Å². The maximum absolute atomic E-state index is 6.29. The first-order valence-electron chi connectivity index (χ1n) is 5.66. The van der Waals surface area contributed by atoms with Crippen molar-refractivity contribution >= 4 is 0 Å². The molecule has 0 spiro atoms. The van der Waals surface area contributed by atoms with Crippen LogP contribution in [0.4, 0.5) is 0 Å². The predicted octanol–water partition coefficient (Wildman–Crippen LogP) is 2.26. The zero-order valence-electron chi connectivity index (χ0n) is 9.90. The molecule has 0 heterocycles. The van der Waals surface area contributed by atoms with E-state index < -0.39 is 0 Å². The van der Waals surface area contributed by atoms with Crippen molar-refractivity contribution in [3.8, 4) is 5.75 Å². The number of methoxy groups -OCH3 is 2. The first kappa shape index (κ1) is 11.4. The molecule has 2 N–H and O–H groups in total. The van der Waals surface area contributed by atoms with Crippen molar-refractivity contribution in [3.63, 3.8) is 0 Å². The first-order valence-corrected chi connectivity index (χ1v) is 5.66. The molecular weight excluding hydrogens is 202 g/mol. The Bertz CT molecular complexity index is 355. The molecule has 1 aliphatic carbocycles. The molecule has 1 atom stereocenters.